The third kappa shape index (κ3) is 2.41. The highest BCUT2D eigenvalue weighted by molar-refractivity contribution is 9.10. The van der Waals surface area contributed by atoms with Crippen molar-refractivity contribution in [2.45, 2.75) is 6.18 Å². The zero-order chi connectivity index (χ0) is 13.5. The summed E-state index contributed by atoms with van der Waals surface area (Å²) >= 11 is 8.77. The van der Waals surface area contributed by atoms with Crippen LogP contribution in [0, 0.1) is 0 Å². The van der Waals surface area contributed by atoms with Gasteiger partial charge in [-0.05, 0) is 22.0 Å². The van der Waals surface area contributed by atoms with E-state index in [-0.39, 0.29) is 21.5 Å². The van der Waals surface area contributed by atoms with Crippen molar-refractivity contribution < 1.29 is 13.2 Å². The van der Waals surface area contributed by atoms with Gasteiger partial charge < -0.3 is 5.73 Å². The van der Waals surface area contributed by atoms with Crippen molar-refractivity contribution in [3.63, 3.8) is 0 Å². The van der Waals surface area contributed by atoms with E-state index in [1.807, 2.05) is 0 Å². The topological polar surface area (TPSA) is 69.6 Å². The Hall–Kier alpha value is -1.35. The molecule has 2 rings (SSSR count). The average molecular weight is 343 g/mol. The van der Waals surface area contributed by atoms with Gasteiger partial charge in [-0.3, -0.25) is 0 Å². The summed E-state index contributed by atoms with van der Waals surface area (Å²) < 4.78 is 38.6. The van der Waals surface area contributed by atoms with Gasteiger partial charge in [0.15, 0.2) is 5.82 Å². The van der Waals surface area contributed by atoms with Crippen LogP contribution in [0.25, 0.3) is 5.82 Å². The van der Waals surface area contributed by atoms with Gasteiger partial charge in [0.25, 0.3) is 0 Å². The lowest BCUT2D eigenvalue weighted by molar-refractivity contribution is -0.137. The Bertz CT molecular complexity index is 597. The minimum Gasteiger partial charge on any atom is -0.366 e. The molecule has 10 heteroatoms. The largest absolute Gasteiger partial charge is 0.417 e. The van der Waals surface area contributed by atoms with Crippen LogP contribution in [0.2, 0.25) is 5.02 Å². The van der Waals surface area contributed by atoms with Crippen molar-refractivity contribution >= 4 is 33.5 Å². The molecule has 0 atom stereocenters. The number of anilines is 1. The molecule has 0 spiro atoms. The van der Waals surface area contributed by atoms with Gasteiger partial charge in [-0.2, -0.15) is 22.8 Å². The third-order valence-electron chi connectivity index (χ3n) is 1.93. The lowest BCUT2D eigenvalue weighted by Gasteiger charge is -2.08. The van der Waals surface area contributed by atoms with E-state index in [9.17, 15) is 13.2 Å². The molecule has 0 aromatic carbocycles. The Labute approximate surface area is 112 Å². The zero-order valence-corrected chi connectivity index (χ0v) is 10.8. The van der Waals surface area contributed by atoms with Crippen molar-refractivity contribution in [1.29, 1.82) is 0 Å². The molecular formula is C8H4BrClF3N5. The van der Waals surface area contributed by atoms with Gasteiger partial charge in [0.05, 0.1) is 10.6 Å². The Balaban J connectivity index is 2.51. The molecule has 5 nitrogen and oxygen atoms in total. The quantitative estimate of drug-likeness (QED) is 0.865. The molecule has 2 heterocycles. The molecule has 2 N–H and O–H groups in total. The second kappa shape index (κ2) is 4.39. The Morgan fingerprint density at radius 1 is 1.39 bits per heavy atom. The van der Waals surface area contributed by atoms with Crippen molar-refractivity contribution in [3.05, 3.63) is 27.6 Å². The van der Waals surface area contributed by atoms with Crippen molar-refractivity contribution in [1.82, 2.24) is 19.7 Å². The van der Waals surface area contributed by atoms with Crippen LogP contribution in [0.4, 0.5) is 19.1 Å². The molecule has 0 bridgehead atoms. The number of rotatable bonds is 1. The van der Waals surface area contributed by atoms with Crippen LogP contribution in [-0.4, -0.2) is 19.7 Å². The zero-order valence-electron chi connectivity index (χ0n) is 8.41. The monoisotopic (exact) mass is 341 g/mol. The fourth-order valence-electron chi connectivity index (χ4n) is 1.18. The molecule has 0 saturated heterocycles. The lowest BCUT2D eigenvalue weighted by Crippen LogP contribution is -2.08. The first kappa shape index (κ1) is 13.1. The number of hydrogen-bond donors (Lipinski definition) is 1. The molecule has 0 aliphatic carbocycles. The van der Waals surface area contributed by atoms with E-state index in [2.05, 4.69) is 31.0 Å². The molecule has 0 aliphatic heterocycles. The first-order valence-corrected chi connectivity index (χ1v) is 5.57. The number of nitrogen functional groups attached to an aromatic ring is 1. The van der Waals surface area contributed by atoms with Crippen molar-refractivity contribution in [2.75, 3.05) is 5.73 Å². The molecule has 0 amide bonds. The molecule has 2 aromatic rings. The van der Waals surface area contributed by atoms with Crippen LogP contribution < -0.4 is 5.73 Å². The Kier molecular flexibility index (Phi) is 3.20. The molecule has 0 aliphatic rings. The van der Waals surface area contributed by atoms with Crippen LogP contribution in [0.15, 0.2) is 17.0 Å². The molecule has 0 fully saturated rings. The third-order valence-corrected chi connectivity index (χ3v) is 2.73. The van der Waals surface area contributed by atoms with Crippen LogP contribution in [0.5, 0.6) is 0 Å². The van der Waals surface area contributed by atoms with Gasteiger partial charge in [-0.1, -0.05) is 11.6 Å². The minimum atomic E-state index is -4.51. The van der Waals surface area contributed by atoms with Crippen LogP contribution in [-0.2, 0) is 6.18 Å². The van der Waals surface area contributed by atoms with Gasteiger partial charge in [-0.15, -0.1) is 5.10 Å². The maximum atomic E-state index is 12.4. The molecule has 96 valence electrons. The second-order valence-electron chi connectivity index (χ2n) is 3.18. The number of pyridine rings is 1. The van der Waals surface area contributed by atoms with Crippen LogP contribution in [0.3, 0.4) is 0 Å². The summed E-state index contributed by atoms with van der Waals surface area (Å²) in [6.45, 7) is 0. The van der Waals surface area contributed by atoms with E-state index >= 15 is 0 Å². The average Bonchev–Trinajstić information content (AvgIpc) is 2.56. The molecule has 0 radical (unpaired) electrons. The van der Waals surface area contributed by atoms with E-state index in [0.717, 1.165) is 10.7 Å². The maximum absolute atomic E-state index is 12.4. The fourth-order valence-corrected chi connectivity index (χ4v) is 1.86. The molecule has 18 heavy (non-hydrogen) atoms. The summed E-state index contributed by atoms with van der Waals surface area (Å²) in [6.07, 6.45) is -3.85. The van der Waals surface area contributed by atoms with Crippen molar-refractivity contribution in [3.8, 4) is 5.82 Å². The molecular weight excluding hydrogens is 338 g/mol. The van der Waals surface area contributed by atoms with Gasteiger partial charge in [-0.25, -0.2) is 4.98 Å². The summed E-state index contributed by atoms with van der Waals surface area (Å²) in [5.41, 5.74) is 4.40. The van der Waals surface area contributed by atoms with Gasteiger partial charge in [0.2, 0.25) is 10.7 Å². The van der Waals surface area contributed by atoms with Crippen LogP contribution in [0.1, 0.15) is 5.56 Å². The number of alkyl halides is 3. The van der Waals surface area contributed by atoms with E-state index in [0.29, 0.717) is 6.20 Å². The molecule has 0 unspecified atom stereocenters. The van der Waals surface area contributed by atoms with E-state index in [1.54, 1.807) is 0 Å². The highest BCUT2D eigenvalue weighted by Crippen LogP contribution is 2.32. The minimum absolute atomic E-state index is 0.000687. The maximum Gasteiger partial charge on any atom is 0.417 e. The van der Waals surface area contributed by atoms with Gasteiger partial charge >= 0.3 is 6.18 Å². The van der Waals surface area contributed by atoms with Gasteiger partial charge in [0.1, 0.15) is 0 Å². The van der Waals surface area contributed by atoms with Gasteiger partial charge in [0, 0.05) is 6.20 Å². The number of aromatic nitrogens is 4. The highest BCUT2D eigenvalue weighted by Gasteiger charge is 2.32. The first-order chi connectivity index (χ1) is 8.29. The number of halogens is 5. The predicted molar refractivity (Wildman–Crippen MR) is 61.3 cm³/mol. The summed E-state index contributed by atoms with van der Waals surface area (Å²) in [4.78, 5) is 7.34. The Morgan fingerprint density at radius 3 is 2.50 bits per heavy atom. The fraction of sp³-hybridized carbons (Fsp3) is 0.125. The number of nitrogens with two attached hydrogens (primary N) is 1. The van der Waals surface area contributed by atoms with Crippen LogP contribution >= 0.6 is 27.5 Å². The summed E-state index contributed by atoms with van der Waals surface area (Å²) in [5, 5.41) is 3.53. The summed E-state index contributed by atoms with van der Waals surface area (Å²) in [5.74, 6) is -0.0552. The molecule has 0 saturated carbocycles. The molecule has 2 aromatic heterocycles. The van der Waals surface area contributed by atoms with E-state index in [4.69, 9.17) is 17.3 Å². The standard InChI is InChI=1S/C8H4BrClF3N5/c9-6-16-7(14)17-18(6)5-4(10)1-3(2-15-5)8(11,12)13/h1-2H,(H2,14,17). The SMILES string of the molecule is Nc1nc(Br)n(-c2ncc(C(F)(F)F)cc2Cl)n1. The van der Waals surface area contributed by atoms with Crippen molar-refractivity contribution in [2.24, 2.45) is 0 Å². The summed E-state index contributed by atoms with van der Waals surface area (Å²) in [6, 6.07) is 0.758. The number of nitrogens with zero attached hydrogens (tertiary/aromatic N) is 4. The van der Waals surface area contributed by atoms with E-state index < -0.39 is 11.7 Å². The lowest BCUT2D eigenvalue weighted by atomic mass is 10.3. The second-order valence-corrected chi connectivity index (χ2v) is 4.29. The van der Waals surface area contributed by atoms with E-state index in [1.165, 1.54) is 0 Å². The first-order valence-electron chi connectivity index (χ1n) is 4.40. The highest BCUT2D eigenvalue weighted by atomic mass is 79.9. The predicted octanol–water partition coefficient (Wildman–Crippen LogP) is 2.68. The Morgan fingerprint density at radius 2 is 2.06 bits per heavy atom. The number of hydrogen-bond acceptors (Lipinski definition) is 4. The normalized spacial score (nSPS) is 11.8. The summed E-state index contributed by atoms with van der Waals surface area (Å²) in [7, 11) is 0. The smallest absolute Gasteiger partial charge is 0.366 e.